The molecule has 10 heteroatoms. The molecule has 1 aromatic heterocycles. The second-order valence-electron chi connectivity index (χ2n) is 9.97. The standard InChI is InChI=1S/C30H29F4N5O/c1-19-5-6-21(28(40)37-27-17-23(30(32,33)34)8-9-25(27)31)16-24(19)20-7-10-26-22(15-20)18-36-29(38-26)35-11-14-39-12-3-2-4-13-39/h5-10,15-18H,2-4,11-14H2,1H3,(H,37,40)(H,35,36,38). The van der Waals surface area contributed by atoms with Gasteiger partial charge in [0.25, 0.3) is 5.91 Å². The van der Waals surface area contributed by atoms with E-state index in [2.05, 4.69) is 25.5 Å². The highest BCUT2D eigenvalue weighted by molar-refractivity contribution is 6.05. The van der Waals surface area contributed by atoms with Crippen LogP contribution in [-0.4, -0.2) is 47.0 Å². The van der Waals surface area contributed by atoms with Gasteiger partial charge in [0, 0.05) is 30.2 Å². The van der Waals surface area contributed by atoms with Crippen LogP contribution in [0.5, 0.6) is 0 Å². The van der Waals surface area contributed by atoms with Gasteiger partial charge in [-0.2, -0.15) is 13.2 Å². The van der Waals surface area contributed by atoms with Gasteiger partial charge in [-0.1, -0.05) is 18.6 Å². The molecule has 4 aromatic rings. The maximum absolute atomic E-state index is 14.2. The maximum atomic E-state index is 14.2. The molecule has 40 heavy (non-hydrogen) atoms. The number of nitrogens with zero attached hydrogens (tertiary/aromatic N) is 3. The molecule has 1 fully saturated rings. The lowest BCUT2D eigenvalue weighted by Crippen LogP contribution is -2.33. The molecule has 0 spiro atoms. The maximum Gasteiger partial charge on any atom is 0.416 e. The zero-order valence-corrected chi connectivity index (χ0v) is 22.0. The van der Waals surface area contributed by atoms with Crippen molar-refractivity contribution in [1.29, 1.82) is 0 Å². The molecule has 0 saturated carbocycles. The Morgan fingerprint density at radius 2 is 1.80 bits per heavy atom. The molecule has 0 bridgehead atoms. The van der Waals surface area contributed by atoms with Crippen LogP contribution in [0.4, 0.5) is 29.2 Å². The number of likely N-dealkylation sites (tertiary alicyclic amines) is 1. The molecule has 0 atom stereocenters. The van der Waals surface area contributed by atoms with E-state index >= 15 is 0 Å². The molecular weight excluding hydrogens is 522 g/mol. The molecule has 0 radical (unpaired) electrons. The topological polar surface area (TPSA) is 70.2 Å². The fourth-order valence-electron chi connectivity index (χ4n) is 4.86. The summed E-state index contributed by atoms with van der Waals surface area (Å²) in [5.41, 5.74) is 1.82. The number of aryl methyl sites for hydroxylation is 1. The van der Waals surface area contributed by atoms with E-state index in [1.54, 1.807) is 24.4 Å². The van der Waals surface area contributed by atoms with E-state index in [1.807, 2.05) is 25.1 Å². The van der Waals surface area contributed by atoms with Crippen LogP contribution in [-0.2, 0) is 6.18 Å². The Bertz CT molecular complexity index is 1530. The zero-order chi connectivity index (χ0) is 28.3. The van der Waals surface area contributed by atoms with Crippen LogP contribution in [0.2, 0.25) is 0 Å². The first-order chi connectivity index (χ1) is 19.2. The number of aromatic nitrogens is 2. The summed E-state index contributed by atoms with van der Waals surface area (Å²) in [5, 5.41) is 6.38. The van der Waals surface area contributed by atoms with Gasteiger partial charge in [-0.15, -0.1) is 0 Å². The van der Waals surface area contributed by atoms with Crippen molar-refractivity contribution in [1.82, 2.24) is 14.9 Å². The SMILES string of the molecule is Cc1ccc(C(=O)Nc2cc(C(F)(F)F)ccc2F)cc1-c1ccc2nc(NCCN3CCCCC3)ncc2c1. The quantitative estimate of drug-likeness (QED) is 0.244. The number of anilines is 2. The Morgan fingerprint density at radius 1 is 1.00 bits per heavy atom. The third-order valence-electron chi connectivity index (χ3n) is 7.09. The summed E-state index contributed by atoms with van der Waals surface area (Å²) in [6.07, 6.45) is 0.883. The Morgan fingerprint density at radius 3 is 2.58 bits per heavy atom. The summed E-state index contributed by atoms with van der Waals surface area (Å²) in [6, 6.07) is 12.5. The average Bonchev–Trinajstić information content (AvgIpc) is 2.94. The molecule has 2 N–H and O–H groups in total. The van der Waals surface area contributed by atoms with Gasteiger partial charge in [-0.25, -0.2) is 14.4 Å². The molecule has 0 aliphatic carbocycles. The fourth-order valence-corrected chi connectivity index (χ4v) is 4.86. The van der Waals surface area contributed by atoms with E-state index in [1.165, 1.54) is 19.3 Å². The van der Waals surface area contributed by atoms with Crippen molar-refractivity contribution in [2.45, 2.75) is 32.4 Å². The number of benzene rings is 3. The number of halogens is 4. The van der Waals surface area contributed by atoms with Gasteiger partial charge in [0.15, 0.2) is 0 Å². The van der Waals surface area contributed by atoms with Crippen LogP contribution in [0.25, 0.3) is 22.0 Å². The zero-order valence-electron chi connectivity index (χ0n) is 22.0. The second-order valence-corrected chi connectivity index (χ2v) is 9.97. The van der Waals surface area contributed by atoms with E-state index in [-0.39, 0.29) is 5.56 Å². The number of amides is 1. The van der Waals surface area contributed by atoms with Crippen molar-refractivity contribution in [3.63, 3.8) is 0 Å². The van der Waals surface area contributed by atoms with Crippen LogP contribution in [0.3, 0.4) is 0 Å². The molecule has 1 amide bonds. The number of carbonyl (C=O) groups excluding carboxylic acids is 1. The van der Waals surface area contributed by atoms with Gasteiger partial charge in [0.2, 0.25) is 5.95 Å². The lowest BCUT2D eigenvalue weighted by molar-refractivity contribution is -0.137. The van der Waals surface area contributed by atoms with Gasteiger partial charge in [-0.05, 0) is 92.0 Å². The van der Waals surface area contributed by atoms with Gasteiger partial charge >= 0.3 is 6.18 Å². The van der Waals surface area contributed by atoms with Crippen molar-refractivity contribution in [3.8, 4) is 11.1 Å². The number of rotatable bonds is 7. The fraction of sp³-hybridized carbons (Fsp3) is 0.300. The Balaban J connectivity index is 1.32. The van der Waals surface area contributed by atoms with Crippen molar-refractivity contribution in [3.05, 3.63) is 83.3 Å². The van der Waals surface area contributed by atoms with Crippen LogP contribution >= 0.6 is 0 Å². The molecule has 6 nitrogen and oxygen atoms in total. The van der Waals surface area contributed by atoms with E-state index < -0.39 is 29.2 Å². The third kappa shape index (κ3) is 6.39. The molecule has 1 aliphatic heterocycles. The number of nitrogens with one attached hydrogen (secondary N) is 2. The lowest BCUT2D eigenvalue weighted by atomic mass is 9.97. The van der Waals surface area contributed by atoms with Gasteiger partial charge in [-0.3, -0.25) is 4.79 Å². The summed E-state index contributed by atoms with van der Waals surface area (Å²) in [5.74, 6) is -1.11. The van der Waals surface area contributed by atoms with Gasteiger partial charge < -0.3 is 15.5 Å². The van der Waals surface area contributed by atoms with Crippen molar-refractivity contribution in [2.75, 3.05) is 36.8 Å². The Labute approximate surface area is 229 Å². The third-order valence-corrected chi connectivity index (χ3v) is 7.09. The first kappa shape index (κ1) is 27.5. The molecule has 3 aromatic carbocycles. The normalized spacial score (nSPS) is 14.3. The molecular formula is C30H29F4N5O. The monoisotopic (exact) mass is 551 g/mol. The second kappa shape index (κ2) is 11.6. The minimum atomic E-state index is -4.66. The summed E-state index contributed by atoms with van der Waals surface area (Å²) in [6.45, 7) is 5.87. The highest BCUT2D eigenvalue weighted by Gasteiger charge is 2.31. The van der Waals surface area contributed by atoms with Crippen LogP contribution in [0.15, 0.2) is 60.8 Å². The number of fused-ring (bicyclic) bond motifs is 1. The predicted molar refractivity (Wildman–Crippen MR) is 148 cm³/mol. The summed E-state index contributed by atoms with van der Waals surface area (Å²) >= 11 is 0. The molecule has 5 rings (SSSR count). The van der Waals surface area contributed by atoms with Crippen LogP contribution < -0.4 is 10.6 Å². The van der Waals surface area contributed by atoms with E-state index in [0.29, 0.717) is 24.1 Å². The number of alkyl halides is 3. The number of hydrogen-bond acceptors (Lipinski definition) is 5. The molecule has 2 heterocycles. The van der Waals surface area contributed by atoms with Crippen molar-refractivity contribution in [2.24, 2.45) is 0 Å². The van der Waals surface area contributed by atoms with Crippen molar-refractivity contribution >= 4 is 28.4 Å². The van der Waals surface area contributed by atoms with Crippen LogP contribution in [0.1, 0.15) is 40.7 Å². The molecule has 1 saturated heterocycles. The minimum absolute atomic E-state index is 0.182. The summed E-state index contributed by atoms with van der Waals surface area (Å²) in [4.78, 5) is 24.4. The molecule has 0 unspecified atom stereocenters. The Kier molecular flexibility index (Phi) is 7.97. The van der Waals surface area contributed by atoms with E-state index in [9.17, 15) is 22.4 Å². The summed E-state index contributed by atoms with van der Waals surface area (Å²) < 4.78 is 53.3. The van der Waals surface area contributed by atoms with Gasteiger partial charge in [0.1, 0.15) is 5.82 Å². The first-order valence-electron chi connectivity index (χ1n) is 13.2. The number of hydrogen-bond donors (Lipinski definition) is 2. The first-order valence-corrected chi connectivity index (χ1v) is 13.2. The Hall–Kier alpha value is -4.05. The average molecular weight is 552 g/mol. The highest BCUT2D eigenvalue weighted by Crippen LogP contribution is 2.32. The number of carbonyl (C=O) groups is 1. The minimum Gasteiger partial charge on any atom is -0.353 e. The molecule has 208 valence electrons. The number of piperidine rings is 1. The smallest absolute Gasteiger partial charge is 0.353 e. The van der Waals surface area contributed by atoms with Gasteiger partial charge in [0.05, 0.1) is 16.8 Å². The summed E-state index contributed by atoms with van der Waals surface area (Å²) in [7, 11) is 0. The highest BCUT2D eigenvalue weighted by atomic mass is 19.4. The largest absolute Gasteiger partial charge is 0.416 e. The van der Waals surface area contributed by atoms with E-state index in [0.717, 1.165) is 53.8 Å². The predicted octanol–water partition coefficient (Wildman–Crippen LogP) is 6.91. The lowest BCUT2D eigenvalue weighted by Gasteiger charge is -2.26. The molecule has 1 aliphatic rings. The van der Waals surface area contributed by atoms with E-state index in [4.69, 9.17) is 0 Å². The van der Waals surface area contributed by atoms with Crippen molar-refractivity contribution < 1.29 is 22.4 Å². The van der Waals surface area contributed by atoms with Crippen LogP contribution in [0, 0.1) is 12.7 Å².